The lowest BCUT2D eigenvalue weighted by Crippen LogP contribution is -2.25. The number of rotatable bonds is 4. The van der Waals surface area contributed by atoms with Crippen molar-refractivity contribution in [3.05, 3.63) is 41.1 Å². The summed E-state index contributed by atoms with van der Waals surface area (Å²) in [6, 6.07) is 8.11. The zero-order valence-corrected chi connectivity index (χ0v) is 14.3. The minimum Gasteiger partial charge on any atom is -0.381 e. The maximum Gasteiger partial charge on any atom is 0.165 e. The van der Waals surface area contributed by atoms with Crippen LogP contribution in [0.15, 0.2) is 24.3 Å². The standard InChI is InChI=1S/C20H25NO2/c1-4-14-11-17-12-16(7-10-19(17)21-13(14)2)20(22)15-5-8-18(23-3)9-6-15/h7,10-12,15,18H,4-6,8-9H2,1-3H3/i2-1. The van der Waals surface area contributed by atoms with Crippen LogP contribution in [-0.4, -0.2) is 24.0 Å². The predicted octanol–water partition coefficient (Wildman–Crippen LogP) is 4.49. The van der Waals surface area contributed by atoms with Crippen LogP contribution in [0, 0.1) is 12.8 Å². The Morgan fingerprint density at radius 2 is 1.96 bits per heavy atom. The second-order valence-corrected chi connectivity index (χ2v) is 6.57. The number of aromatic nitrogens is 1. The van der Waals surface area contributed by atoms with Crippen molar-refractivity contribution in [3.8, 4) is 0 Å². The molecular formula is C20H25NO2. The second kappa shape index (κ2) is 6.79. The SMILES string of the molecule is CCc1cc2cc(C(=O)C3CCC(OC)CC3)ccc2nc1[11CH3]. The maximum atomic E-state index is 12.8. The summed E-state index contributed by atoms with van der Waals surface area (Å²) in [5, 5.41) is 1.07. The molecule has 3 heteroatoms. The lowest BCUT2D eigenvalue weighted by atomic mass is 9.82. The summed E-state index contributed by atoms with van der Waals surface area (Å²) in [6.07, 6.45) is 5.13. The molecule has 0 spiro atoms. The van der Waals surface area contributed by atoms with Crippen LogP contribution in [-0.2, 0) is 11.2 Å². The minimum atomic E-state index is 0.142. The quantitative estimate of drug-likeness (QED) is 0.781. The van der Waals surface area contributed by atoms with E-state index in [-0.39, 0.29) is 11.7 Å². The molecule has 0 atom stereocenters. The fourth-order valence-electron chi connectivity index (χ4n) is 3.62. The lowest BCUT2D eigenvalue weighted by Gasteiger charge is -2.26. The molecule has 1 fully saturated rings. The van der Waals surface area contributed by atoms with Crippen LogP contribution >= 0.6 is 0 Å². The summed E-state index contributed by atoms with van der Waals surface area (Å²) in [4.78, 5) is 17.5. The molecule has 23 heavy (non-hydrogen) atoms. The van der Waals surface area contributed by atoms with Crippen molar-refractivity contribution in [2.75, 3.05) is 7.11 Å². The molecule has 1 saturated carbocycles. The van der Waals surface area contributed by atoms with E-state index in [1.165, 1.54) is 5.56 Å². The van der Waals surface area contributed by atoms with E-state index in [1.807, 2.05) is 25.1 Å². The van der Waals surface area contributed by atoms with Gasteiger partial charge in [0, 0.05) is 29.7 Å². The van der Waals surface area contributed by atoms with E-state index < -0.39 is 0 Å². The van der Waals surface area contributed by atoms with Crippen LogP contribution in [0.25, 0.3) is 10.9 Å². The average Bonchev–Trinajstić information content (AvgIpc) is 2.60. The van der Waals surface area contributed by atoms with Gasteiger partial charge in [0.25, 0.3) is 0 Å². The van der Waals surface area contributed by atoms with Crippen LogP contribution in [0.1, 0.15) is 54.2 Å². The first-order valence-corrected chi connectivity index (χ1v) is 8.59. The summed E-state index contributed by atoms with van der Waals surface area (Å²) in [5.41, 5.74) is 4.13. The highest BCUT2D eigenvalue weighted by molar-refractivity contribution is 6.01. The molecule has 2 aromatic rings. The number of ether oxygens (including phenoxy) is 1. The highest BCUT2D eigenvalue weighted by atomic mass is 16.5. The zero-order valence-electron chi connectivity index (χ0n) is 14.3. The van der Waals surface area contributed by atoms with Crippen LogP contribution in [0.2, 0.25) is 0 Å². The first-order chi connectivity index (χ1) is 11.1. The van der Waals surface area contributed by atoms with E-state index in [0.717, 1.165) is 54.3 Å². The van der Waals surface area contributed by atoms with Crippen molar-refractivity contribution in [2.24, 2.45) is 5.92 Å². The number of ketones is 1. The van der Waals surface area contributed by atoms with Crippen LogP contribution in [0.3, 0.4) is 0 Å². The summed E-state index contributed by atoms with van der Waals surface area (Å²) in [6.45, 7) is 4.19. The van der Waals surface area contributed by atoms with Gasteiger partial charge in [0.1, 0.15) is 0 Å². The Hall–Kier alpha value is -1.74. The molecule has 1 aromatic heterocycles. The van der Waals surface area contributed by atoms with Gasteiger partial charge in [-0.15, -0.1) is 0 Å². The topological polar surface area (TPSA) is 39.2 Å². The molecule has 0 unspecified atom stereocenters. The van der Waals surface area contributed by atoms with Gasteiger partial charge in [-0.05, 0) is 68.9 Å². The predicted molar refractivity (Wildman–Crippen MR) is 92.9 cm³/mol. The third-order valence-corrected chi connectivity index (χ3v) is 5.15. The van der Waals surface area contributed by atoms with E-state index in [9.17, 15) is 4.79 Å². The number of methoxy groups -OCH3 is 1. The van der Waals surface area contributed by atoms with Crippen molar-refractivity contribution in [1.82, 2.24) is 4.98 Å². The second-order valence-electron chi connectivity index (χ2n) is 6.57. The van der Waals surface area contributed by atoms with E-state index in [2.05, 4.69) is 18.0 Å². The first-order valence-electron chi connectivity index (χ1n) is 8.59. The molecule has 0 bridgehead atoms. The lowest BCUT2D eigenvalue weighted by molar-refractivity contribution is 0.0519. The molecule has 0 amide bonds. The molecule has 1 aromatic carbocycles. The van der Waals surface area contributed by atoms with Crippen molar-refractivity contribution >= 4 is 16.7 Å². The highest BCUT2D eigenvalue weighted by Crippen LogP contribution is 2.29. The Bertz CT molecular complexity index is 715. The van der Waals surface area contributed by atoms with Crippen molar-refractivity contribution in [2.45, 2.75) is 52.1 Å². The number of benzene rings is 1. The number of carbonyl (C=O) groups excluding carboxylic acids is 1. The Kier molecular flexibility index (Phi) is 4.76. The maximum absolute atomic E-state index is 12.8. The number of nitrogens with zero attached hydrogens (tertiary/aromatic N) is 1. The number of Topliss-reactive ketones (excluding diaryl/α,β-unsaturated/α-hetero) is 1. The van der Waals surface area contributed by atoms with Gasteiger partial charge in [-0.1, -0.05) is 6.92 Å². The summed E-state index contributed by atoms with van der Waals surface area (Å²) < 4.78 is 5.40. The summed E-state index contributed by atoms with van der Waals surface area (Å²) in [7, 11) is 1.76. The third-order valence-electron chi connectivity index (χ3n) is 5.15. The smallest absolute Gasteiger partial charge is 0.165 e. The molecule has 3 rings (SSSR count). The fraction of sp³-hybridized carbons (Fsp3) is 0.500. The molecular weight excluding hydrogens is 285 g/mol. The molecule has 1 aliphatic carbocycles. The van der Waals surface area contributed by atoms with Gasteiger partial charge in [-0.3, -0.25) is 9.78 Å². The Balaban J connectivity index is 1.85. The number of hydrogen-bond donors (Lipinski definition) is 0. The van der Waals surface area contributed by atoms with E-state index in [0.29, 0.717) is 6.10 Å². The molecule has 0 radical (unpaired) electrons. The van der Waals surface area contributed by atoms with E-state index in [1.54, 1.807) is 7.11 Å². The van der Waals surface area contributed by atoms with Gasteiger partial charge in [0.2, 0.25) is 0 Å². The van der Waals surface area contributed by atoms with Crippen molar-refractivity contribution < 1.29 is 9.53 Å². The minimum absolute atomic E-state index is 0.142. The van der Waals surface area contributed by atoms with Gasteiger partial charge in [0.15, 0.2) is 5.78 Å². The van der Waals surface area contributed by atoms with Gasteiger partial charge in [0.05, 0.1) is 11.6 Å². The molecule has 0 N–H and O–H groups in total. The van der Waals surface area contributed by atoms with E-state index >= 15 is 0 Å². The summed E-state index contributed by atoms with van der Waals surface area (Å²) >= 11 is 0. The molecule has 3 nitrogen and oxygen atoms in total. The zero-order chi connectivity index (χ0) is 16.4. The Labute approximate surface area is 138 Å². The highest BCUT2D eigenvalue weighted by Gasteiger charge is 2.27. The van der Waals surface area contributed by atoms with Crippen molar-refractivity contribution in [3.63, 3.8) is 0 Å². The molecule has 0 saturated heterocycles. The van der Waals surface area contributed by atoms with Gasteiger partial charge < -0.3 is 4.74 Å². The van der Waals surface area contributed by atoms with Gasteiger partial charge in [-0.2, -0.15) is 0 Å². The summed E-state index contributed by atoms with van der Waals surface area (Å²) in [5.74, 6) is 0.419. The molecule has 1 aliphatic rings. The molecule has 122 valence electrons. The Morgan fingerprint density at radius 3 is 2.61 bits per heavy atom. The fourth-order valence-corrected chi connectivity index (χ4v) is 3.62. The monoisotopic (exact) mass is 310 g/mol. The molecule has 1 heterocycles. The number of hydrogen-bond acceptors (Lipinski definition) is 3. The number of fused-ring (bicyclic) bond motifs is 1. The first kappa shape index (κ1) is 16.1. The van der Waals surface area contributed by atoms with Crippen LogP contribution < -0.4 is 0 Å². The largest absolute Gasteiger partial charge is 0.381 e. The van der Waals surface area contributed by atoms with E-state index in [4.69, 9.17) is 4.74 Å². The van der Waals surface area contributed by atoms with Crippen LogP contribution in [0.4, 0.5) is 0 Å². The number of pyridine rings is 1. The number of carbonyl (C=O) groups is 1. The third kappa shape index (κ3) is 3.30. The normalized spacial score (nSPS) is 21.5. The van der Waals surface area contributed by atoms with Gasteiger partial charge in [-0.25, -0.2) is 0 Å². The van der Waals surface area contributed by atoms with Crippen LogP contribution in [0.5, 0.6) is 0 Å². The average molecular weight is 310 g/mol. The van der Waals surface area contributed by atoms with Crippen molar-refractivity contribution in [1.29, 1.82) is 0 Å². The molecule has 0 aliphatic heterocycles. The number of aryl methyl sites for hydroxylation is 2. The Morgan fingerprint density at radius 1 is 1.22 bits per heavy atom. The van der Waals surface area contributed by atoms with Gasteiger partial charge >= 0.3 is 0 Å².